The number of benzene rings is 2. The Bertz CT molecular complexity index is 811. The van der Waals surface area contributed by atoms with Gasteiger partial charge in [0.05, 0.1) is 16.1 Å². The van der Waals surface area contributed by atoms with Crippen LogP contribution in [-0.2, 0) is 0 Å². The topological polar surface area (TPSA) is 36.9 Å². The Morgan fingerprint density at radius 1 is 1.16 bits per heavy atom. The molecule has 0 amide bonds. The van der Waals surface area contributed by atoms with Crippen LogP contribution >= 0.6 is 15.9 Å². The molecule has 2 aromatic carbocycles. The molecule has 0 saturated heterocycles. The monoisotopic (exact) mass is 311 g/mol. The lowest BCUT2D eigenvalue weighted by Gasteiger charge is -2.01. The van der Waals surface area contributed by atoms with Crippen LogP contribution < -0.4 is 0 Å². The third-order valence-corrected chi connectivity index (χ3v) is 3.93. The highest BCUT2D eigenvalue weighted by Crippen LogP contribution is 2.37. The summed E-state index contributed by atoms with van der Waals surface area (Å²) >= 11 is 3.59. The summed E-state index contributed by atoms with van der Waals surface area (Å²) in [6.07, 6.45) is 0. The van der Waals surface area contributed by atoms with E-state index in [1.807, 2.05) is 49.4 Å². The van der Waals surface area contributed by atoms with Crippen molar-refractivity contribution in [3.8, 4) is 17.4 Å². The van der Waals surface area contributed by atoms with Crippen molar-refractivity contribution in [1.29, 1.82) is 5.26 Å². The molecule has 0 atom stereocenters. The highest BCUT2D eigenvalue weighted by Gasteiger charge is 2.13. The molecule has 3 rings (SSSR count). The van der Waals surface area contributed by atoms with E-state index in [0.717, 1.165) is 32.3 Å². The van der Waals surface area contributed by atoms with Crippen LogP contribution in [-0.4, -0.2) is 0 Å². The van der Waals surface area contributed by atoms with Gasteiger partial charge in [0.1, 0.15) is 11.3 Å². The largest absolute Gasteiger partial charge is 0.455 e. The van der Waals surface area contributed by atoms with E-state index in [0.29, 0.717) is 5.56 Å². The van der Waals surface area contributed by atoms with Gasteiger partial charge >= 0.3 is 0 Å². The van der Waals surface area contributed by atoms with Crippen LogP contribution in [0.2, 0.25) is 0 Å². The summed E-state index contributed by atoms with van der Waals surface area (Å²) in [6, 6.07) is 15.8. The summed E-state index contributed by atoms with van der Waals surface area (Å²) in [5.41, 5.74) is 3.47. The molecule has 0 radical (unpaired) electrons. The number of nitriles is 1. The van der Waals surface area contributed by atoms with Crippen LogP contribution in [0.15, 0.2) is 51.4 Å². The van der Waals surface area contributed by atoms with E-state index in [4.69, 9.17) is 9.68 Å². The normalized spacial score (nSPS) is 10.6. The van der Waals surface area contributed by atoms with E-state index in [1.165, 1.54) is 0 Å². The first-order valence-electron chi connectivity index (χ1n) is 5.89. The minimum absolute atomic E-state index is 0.691. The Hall–Kier alpha value is -2.05. The predicted molar refractivity (Wildman–Crippen MR) is 78.8 cm³/mol. The molecule has 0 bridgehead atoms. The lowest BCUT2D eigenvalue weighted by Crippen LogP contribution is -1.83. The summed E-state index contributed by atoms with van der Waals surface area (Å²) in [6.45, 7) is 1.93. The second-order valence-corrected chi connectivity index (χ2v) is 5.18. The fourth-order valence-electron chi connectivity index (χ4n) is 2.13. The van der Waals surface area contributed by atoms with Crippen molar-refractivity contribution in [3.63, 3.8) is 0 Å². The molecule has 1 aromatic heterocycles. The molecule has 2 nitrogen and oxygen atoms in total. The molecule has 0 aliphatic rings. The van der Waals surface area contributed by atoms with Crippen LogP contribution in [0, 0.1) is 18.3 Å². The molecule has 0 saturated carbocycles. The van der Waals surface area contributed by atoms with Crippen molar-refractivity contribution < 1.29 is 4.42 Å². The second-order valence-electron chi connectivity index (χ2n) is 4.38. The fourth-order valence-corrected chi connectivity index (χ4v) is 2.77. The van der Waals surface area contributed by atoms with Gasteiger partial charge in [-0.1, -0.05) is 12.1 Å². The Labute approximate surface area is 119 Å². The molecule has 0 N–H and O–H groups in total. The first-order chi connectivity index (χ1) is 9.20. The zero-order chi connectivity index (χ0) is 13.4. The molecule has 3 aromatic rings. The number of fused-ring (bicyclic) bond motifs is 1. The first kappa shape index (κ1) is 12.0. The van der Waals surface area contributed by atoms with Crippen LogP contribution in [0.5, 0.6) is 0 Å². The summed E-state index contributed by atoms with van der Waals surface area (Å²) < 4.78 is 6.83. The number of furan rings is 1. The van der Waals surface area contributed by atoms with E-state index in [1.54, 1.807) is 0 Å². The maximum atomic E-state index is 8.97. The van der Waals surface area contributed by atoms with E-state index >= 15 is 0 Å². The van der Waals surface area contributed by atoms with Gasteiger partial charge in [0.25, 0.3) is 0 Å². The first-order valence-corrected chi connectivity index (χ1v) is 6.68. The van der Waals surface area contributed by atoms with Gasteiger partial charge in [-0.2, -0.15) is 5.26 Å². The average Bonchev–Trinajstić information content (AvgIpc) is 2.77. The molecule has 0 fully saturated rings. The third-order valence-electron chi connectivity index (χ3n) is 3.14. The Kier molecular flexibility index (Phi) is 2.88. The molecular formula is C16H10BrNO. The Balaban J connectivity index is 2.22. The second kappa shape index (κ2) is 4.56. The fraction of sp³-hybridized carbons (Fsp3) is 0.0625. The lowest BCUT2D eigenvalue weighted by atomic mass is 10.0. The van der Waals surface area contributed by atoms with Gasteiger partial charge < -0.3 is 4.42 Å². The van der Waals surface area contributed by atoms with E-state index < -0.39 is 0 Å². The minimum Gasteiger partial charge on any atom is -0.455 e. The molecule has 0 aliphatic carbocycles. The zero-order valence-electron chi connectivity index (χ0n) is 10.3. The third kappa shape index (κ3) is 1.94. The van der Waals surface area contributed by atoms with Gasteiger partial charge in [-0.25, -0.2) is 0 Å². The van der Waals surface area contributed by atoms with Gasteiger partial charge in [0.15, 0.2) is 0 Å². The van der Waals surface area contributed by atoms with Gasteiger partial charge in [-0.05, 0) is 58.7 Å². The highest BCUT2D eigenvalue weighted by atomic mass is 79.9. The summed E-state index contributed by atoms with van der Waals surface area (Å²) in [4.78, 5) is 0. The number of aryl methyl sites for hydroxylation is 1. The molecular weight excluding hydrogens is 302 g/mol. The van der Waals surface area contributed by atoms with Crippen LogP contribution in [0.3, 0.4) is 0 Å². The van der Waals surface area contributed by atoms with Crippen molar-refractivity contribution >= 4 is 26.9 Å². The number of rotatable bonds is 1. The molecule has 1 heterocycles. The van der Waals surface area contributed by atoms with E-state index in [2.05, 4.69) is 22.0 Å². The van der Waals surface area contributed by atoms with Crippen molar-refractivity contribution in [2.45, 2.75) is 6.92 Å². The summed E-state index contributed by atoms with van der Waals surface area (Å²) in [7, 11) is 0. The summed E-state index contributed by atoms with van der Waals surface area (Å²) in [5.74, 6) is 0.800. The quantitative estimate of drug-likeness (QED) is 0.631. The predicted octanol–water partition coefficient (Wildman–Crippen LogP) is 5.04. The SMILES string of the molecule is Cc1cc(-c2oc3ccccc3c2Br)ccc1C#N. The molecule has 0 spiro atoms. The zero-order valence-corrected chi connectivity index (χ0v) is 11.9. The van der Waals surface area contributed by atoms with E-state index in [9.17, 15) is 0 Å². The highest BCUT2D eigenvalue weighted by molar-refractivity contribution is 9.10. The number of nitrogens with zero attached hydrogens (tertiary/aromatic N) is 1. The maximum absolute atomic E-state index is 8.97. The standard InChI is InChI=1S/C16H10BrNO/c1-10-8-11(6-7-12(10)9-18)16-15(17)13-4-2-3-5-14(13)19-16/h2-8H,1H3. The van der Waals surface area contributed by atoms with Gasteiger partial charge in [-0.15, -0.1) is 0 Å². The van der Waals surface area contributed by atoms with Gasteiger partial charge in [-0.3, -0.25) is 0 Å². The molecule has 19 heavy (non-hydrogen) atoms. The van der Waals surface area contributed by atoms with Crippen LogP contribution in [0.25, 0.3) is 22.3 Å². The van der Waals surface area contributed by atoms with Gasteiger partial charge in [0, 0.05) is 10.9 Å². The van der Waals surface area contributed by atoms with Crippen molar-refractivity contribution in [2.24, 2.45) is 0 Å². The number of halogens is 1. The molecule has 3 heteroatoms. The smallest absolute Gasteiger partial charge is 0.149 e. The lowest BCUT2D eigenvalue weighted by molar-refractivity contribution is 0.630. The Morgan fingerprint density at radius 2 is 1.95 bits per heavy atom. The van der Waals surface area contributed by atoms with Crippen LogP contribution in [0.1, 0.15) is 11.1 Å². The number of para-hydroxylation sites is 1. The number of hydrogen-bond acceptors (Lipinski definition) is 2. The van der Waals surface area contributed by atoms with Crippen molar-refractivity contribution in [2.75, 3.05) is 0 Å². The van der Waals surface area contributed by atoms with Crippen molar-refractivity contribution in [3.05, 3.63) is 58.1 Å². The molecule has 0 unspecified atom stereocenters. The number of hydrogen-bond donors (Lipinski definition) is 0. The average molecular weight is 312 g/mol. The van der Waals surface area contributed by atoms with E-state index in [-0.39, 0.29) is 0 Å². The Morgan fingerprint density at radius 3 is 2.63 bits per heavy atom. The molecule has 92 valence electrons. The maximum Gasteiger partial charge on any atom is 0.149 e. The summed E-state index contributed by atoms with van der Waals surface area (Å²) in [5, 5.41) is 10.0. The molecule has 0 aliphatic heterocycles. The van der Waals surface area contributed by atoms with Gasteiger partial charge in [0.2, 0.25) is 0 Å². The van der Waals surface area contributed by atoms with Crippen LogP contribution in [0.4, 0.5) is 0 Å². The van der Waals surface area contributed by atoms with Crippen molar-refractivity contribution in [1.82, 2.24) is 0 Å². The minimum atomic E-state index is 0.691.